The molecule has 44 heavy (non-hydrogen) atoms. The first-order valence-corrected chi connectivity index (χ1v) is 14.9. The number of esters is 1. The van der Waals surface area contributed by atoms with Crippen LogP contribution in [0, 0.1) is 17.8 Å². The predicted molar refractivity (Wildman–Crippen MR) is 162 cm³/mol. The molecule has 6 amide bonds. The van der Waals surface area contributed by atoms with E-state index in [1.165, 1.54) is 7.11 Å². The maximum absolute atomic E-state index is 13.3. The van der Waals surface area contributed by atoms with E-state index in [0.29, 0.717) is 37.2 Å². The lowest BCUT2D eigenvalue weighted by molar-refractivity contribution is -0.151. The van der Waals surface area contributed by atoms with E-state index in [2.05, 4.69) is 21.3 Å². The quantitative estimate of drug-likeness (QED) is 0.121. The molecule has 0 saturated carbocycles. The van der Waals surface area contributed by atoms with Crippen LogP contribution < -0.4 is 27.0 Å². The smallest absolute Gasteiger partial charge is 0.312 e. The molecule has 1 aliphatic heterocycles. The summed E-state index contributed by atoms with van der Waals surface area (Å²) in [6.07, 6.45) is 0.808. The lowest BCUT2D eigenvalue weighted by Gasteiger charge is -2.35. The van der Waals surface area contributed by atoms with Crippen molar-refractivity contribution in [3.05, 3.63) is 29.8 Å². The maximum Gasteiger partial charge on any atom is 0.312 e. The van der Waals surface area contributed by atoms with Gasteiger partial charge in [0, 0.05) is 38.2 Å². The monoisotopic (exact) mass is 618 g/mol. The summed E-state index contributed by atoms with van der Waals surface area (Å²) in [7, 11) is 1.34. The van der Waals surface area contributed by atoms with E-state index in [1.807, 2.05) is 6.92 Å². The van der Waals surface area contributed by atoms with Crippen molar-refractivity contribution in [2.45, 2.75) is 71.6 Å². The minimum absolute atomic E-state index is 0.0547. The fraction of sp³-hybridized carbons (Fsp3) is 0.600. The minimum atomic E-state index is -0.996. The molecule has 0 aliphatic carbocycles. The number of carbonyl (C=O) groups is 6. The fourth-order valence-corrected chi connectivity index (χ4v) is 5.00. The van der Waals surface area contributed by atoms with Crippen LogP contribution in [0.25, 0.3) is 0 Å². The average molecular weight is 619 g/mol. The SMILES string of the molecule is COC(=O)C1CCN(C(=O)CCC(=O)N[C@H](C(=O)N[C@@H](CCCNC(N)=O)C(=O)Nc2ccc(CO)cc2)C(C)C)CC1C. The number of ether oxygens (including phenoxy) is 1. The first-order chi connectivity index (χ1) is 20.9. The summed E-state index contributed by atoms with van der Waals surface area (Å²) in [5.41, 5.74) is 6.24. The molecule has 1 fully saturated rings. The van der Waals surface area contributed by atoms with Crippen molar-refractivity contribution in [2.75, 3.05) is 32.1 Å². The van der Waals surface area contributed by atoms with Crippen molar-refractivity contribution < 1.29 is 38.6 Å². The molecule has 1 aliphatic rings. The van der Waals surface area contributed by atoms with Gasteiger partial charge in [0.1, 0.15) is 12.1 Å². The van der Waals surface area contributed by atoms with Crippen LogP contribution in [-0.4, -0.2) is 84.5 Å². The van der Waals surface area contributed by atoms with E-state index in [4.69, 9.17) is 10.5 Å². The summed E-state index contributed by atoms with van der Waals surface area (Å²) in [6.45, 7) is 6.21. The molecule has 2 rings (SSSR count). The van der Waals surface area contributed by atoms with Gasteiger partial charge < -0.3 is 41.7 Å². The number of anilines is 1. The topological polar surface area (TPSA) is 209 Å². The Balaban J connectivity index is 1.98. The number of benzene rings is 1. The molecular weight excluding hydrogens is 572 g/mol. The van der Waals surface area contributed by atoms with Gasteiger partial charge in [0.05, 0.1) is 19.6 Å². The number of hydrogen-bond acceptors (Lipinski definition) is 8. The Hall–Kier alpha value is -4.20. The summed E-state index contributed by atoms with van der Waals surface area (Å²) in [6, 6.07) is 3.87. The summed E-state index contributed by atoms with van der Waals surface area (Å²) in [4.78, 5) is 76.6. The molecular formula is C30H46N6O8. The molecule has 2 unspecified atom stereocenters. The predicted octanol–water partition coefficient (Wildman–Crippen LogP) is 0.629. The number of carbonyl (C=O) groups excluding carboxylic acids is 6. The van der Waals surface area contributed by atoms with Crippen LogP contribution >= 0.6 is 0 Å². The normalized spacial score (nSPS) is 17.6. The van der Waals surface area contributed by atoms with Gasteiger partial charge in [-0.25, -0.2) is 4.79 Å². The largest absolute Gasteiger partial charge is 0.469 e. The van der Waals surface area contributed by atoms with Gasteiger partial charge in [-0.05, 0) is 48.8 Å². The summed E-state index contributed by atoms with van der Waals surface area (Å²) >= 11 is 0. The van der Waals surface area contributed by atoms with Crippen LogP contribution in [0.3, 0.4) is 0 Å². The van der Waals surface area contributed by atoms with Crippen molar-refractivity contribution >= 4 is 41.3 Å². The van der Waals surface area contributed by atoms with Gasteiger partial charge in [-0.15, -0.1) is 0 Å². The third kappa shape index (κ3) is 11.5. The summed E-state index contributed by atoms with van der Waals surface area (Å²) in [5.74, 6) is -2.74. The number of nitrogens with two attached hydrogens (primary N) is 1. The van der Waals surface area contributed by atoms with Crippen molar-refractivity contribution in [2.24, 2.45) is 23.5 Å². The lowest BCUT2D eigenvalue weighted by Crippen LogP contribution is -2.54. The van der Waals surface area contributed by atoms with Gasteiger partial charge in [0.15, 0.2) is 0 Å². The van der Waals surface area contributed by atoms with E-state index in [0.717, 1.165) is 0 Å². The van der Waals surface area contributed by atoms with E-state index < -0.39 is 35.8 Å². The Morgan fingerprint density at radius 3 is 2.30 bits per heavy atom. The van der Waals surface area contributed by atoms with Gasteiger partial charge in [-0.3, -0.25) is 24.0 Å². The molecule has 4 atom stereocenters. The first-order valence-electron chi connectivity index (χ1n) is 14.9. The molecule has 14 nitrogen and oxygen atoms in total. The van der Waals surface area contributed by atoms with Crippen molar-refractivity contribution in [3.8, 4) is 0 Å². The second-order valence-corrected chi connectivity index (χ2v) is 11.4. The Bertz CT molecular complexity index is 1160. The summed E-state index contributed by atoms with van der Waals surface area (Å²) < 4.78 is 4.84. The highest BCUT2D eigenvalue weighted by Gasteiger charge is 2.34. The standard InChI is InChI=1S/C30H46N6O8/c1-18(2)26(35-24(38)11-12-25(39)36-15-13-22(19(3)16-36)29(42)44-4)28(41)34-23(6-5-14-32-30(31)43)27(40)33-21-9-7-20(17-37)8-10-21/h7-10,18-19,22-23,26,37H,5-6,11-17H2,1-4H3,(H,33,40)(H,34,41)(H,35,38)(H3,31,32,43)/t19?,22?,23-,26-/m0/s1. The number of likely N-dealkylation sites (tertiary alicyclic amines) is 1. The average Bonchev–Trinajstić information content (AvgIpc) is 2.99. The zero-order chi connectivity index (χ0) is 32.8. The number of nitrogens with zero attached hydrogens (tertiary/aromatic N) is 1. The number of urea groups is 1. The van der Waals surface area contributed by atoms with Crippen LogP contribution in [0.1, 0.15) is 58.4 Å². The molecule has 7 N–H and O–H groups in total. The molecule has 0 spiro atoms. The van der Waals surface area contributed by atoms with Crippen LogP contribution in [-0.2, 0) is 35.3 Å². The van der Waals surface area contributed by atoms with Gasteiger partial charge in [0.25, 0.3) is 0 Å². The van der Waals surface area contributed by atoms with Gasteiger partial charge in [-0.1, -0.05) is 32.9 Å². The van der Waals surface area contributed by atoms with Gasteiger partial charge >= 0.3 is 12.0 Å². The molecule has 1 saturated heterocycles. The Labute approximate surface area is 257 Å². The molecule has 0 radical (unpaired) electrons. The van der Waals surface area contributed by atoms with Crippen LogP contribution in [0.2, 0.25) is 0 Å². The van der Waals surface area contributed by atoms with E-state index in [1.54, 1.807) is 43.0 Å². The number of hydrogen-bond donors (Lipinski definition) is 6. The maximum atomic E-state index is 13.3. The Kier molecular flexibility index (Phi) is 14.6. The first kappa shape index (κ1) is 36.0. The number of nitrogens with one attached hydrogen (secondary N) is 4. The lowest BCUT2D eigenvalue weighted by atomic mass is 9.87. The molecule has 0 bridgehead atoms. The molecule has 1 aromatic carbocycles. The molecule has 0 aromatic heterocycles. The minimum Gasteiger partial charge on any atom is -0.469 e. The highest BCUT2D eigenvalue weighted by Crippen LogP contribution is 2.25. The van der Waals surface area contributed by atoms with Gasteiger partial charge in [-0.2, -0.15) is 0 Å². The summed E-state index contributed by atoms with van der Waals surface area (Å²) in [5, 5.41) is 19.8. The Morgan fingerprint density at radius 2 is 1.73 bits per heavy atom. The fourth-order valence-electron chi connectivity index (χ4n) is 5.00. The molecule has 14 heteroatoms. The number of primary amides is 1. The zero-order valence-electron chi connectivity index (χ0n) is 25.9. The zero-order valence-corrected chi connectivity index (χ0v) is 25.9. The van der Waals surface area contributed by atoms with E-state index in [9.17, 15) is 33.9 Å². The van der Waals surface area contributed by atoms with Crippen LogP contribution in [0.5, 0.6) is 0 Å². The highest BCUT2D eigenvalue weighted by atomic mass is 16.5. The number of methoxy groups -OCH3 is 1. The van der Waals surface area contributed by atoms with Crippen LogP contribution in [0.4, 0.5) is 10.5 Å². The number of piperidine rings is 1. The van der Waals surface area contributed by atoms with Crippen LogP contribution in [0.15, 0.2) is 24.3 Å². The second-order valence-electron chi connectivity index (χ2n) is 11.4. The molecule has 1 aromatic rings. The number of aliphatic hydroxyl groups is 1. The van der Waals surface area contributed by atoms with Crippen molar-refractivity contribution in [1.29, 1.82) is 0 Å². The van der Waals surface area contributed by atoms with Crippen molar-refractivity contribution in [1.82, 2.24) is 20.9 Å². The molecule has 1 heterocycles. The number of aliphatic hydroxyl groups excluding tert-OH is 1. The number of amides is 6. The third-order valence-electron chi connectivity index (χ3n) is 7.60. The highest BCUT2D eigenvalue weighted by molar-refractivity contribution is 5.98. The number of rotatable bonds is 15. The second kappa shape index (κ2) is 17.8. The Morgan fingerprint density at radius 1 is 1.05 bits per heavy atom. The van der Waals surface area contributed by atoms with E-state index in [-0.39, 0.29) is 62.0 Å². The molecule has 244 valence electrons. The third-order valence-corrected chi connectivity index (χ3v) is 7.60. The van der Waals surface area contributed by atoms with Crippen molar-refractivity contribution in [3.63, 3.8) is 0 Å². The van der Waals surface area contributed by atoms with Gasteiger partial charge in [0.2, 0.25) is 23.6 Å². The van der Waals surface area contributed by atoms with E-state index >= 15 is 0 Å².